The third kappa shape index (κ3) is 5.70. The number of aromatic nitrogens is 2. The molecule has 6 nitrogen and oxygen atoms in total. The van der Waals surface area contributed by atoms with Gasteiger partial charge in [0.15, 0.2) is 5.16 Å². The summed E-state index contributed by atoms with van der Waals surface area (Å²) in [4.78, 5) is 30.1. The van der Waals surface area contributed by atoms with Crippen LogP contribution in [0.2, 0.25) is 0 Å². The highest BCUT2D eigenvalue weighted by Gasteiger charge is 2.19. The van der Waals surface area contributed by atoms with E-state index < -0.39 is 0 Å². The number of nitrogens with one attached hydrogen (secondary N) is 1. The predicted molar refractivity (Wildman–Crippen MR) is 117 cm³/mol. The zero-order valence-corrected chi connectivity index (χ0v) is 18.0. The first-order valence-corrected chi connectivity index (χ1v) is 11.1. The molecule has 0 fully saturated rings. The van der Waals surface area contributed by atoms with E-state index >= 15 is 0 Å². The summed E-state index contributed by atoms with van der Waals surface area (Å²) in [6.45, 7) is 3.31. The predicted octanol–water partition coefficient (Wildman–Crippen LogP) is 3.53. The highest BCUT2D eigenvalue weighted by atomic mass is 32.2. The lowest BCUT2D eigenvalue weighted by molar-refractivity contribution is -0.120. The summed E-state index contributed by atoms with van der Waals surface area (Å²) in [6, 6.07) is 7.29. The quantitative estimate of drug-likeness (QED) is 0.385. The minimum absolute atomic E-state index is 0.0351. The molecule has 1 heterocycles. The van der Waals surface area contributed by atoms with Crippen LogP contribution in [0.4, 0.5) is 0 Å². The van der Waals surface area contributed by atoms with Gasteiger partial charge in [0.25, 0.3) is 5.56 Å². The largest absolute Gasteiger partial charge is 0.383 e. The maximum Gasteiger partial charge on any atom is 0.262 e. The number of amides is 1. The van der Waals surface area contributed by atoms with Gasteiger partial charge in [-0.05, 0) is 51.2 Å². The summed E-state index contributed by atoms with van der Waals surface area (Å²) < 4.78 is 6.75. The number of thioether (sulfide) groups is 1. The van der Waals surface area contributed by atoms with E-state index in [-0.39, 0.29) is 16.7 Å². The Labute approximate surface area is 175 Å². The molecule has 3 rings (SSSR count). The second kappa shape index (κ2) is 10.6. The lowest BCUT2D eigenvalue weighted by Crippen LogP contribution is -2.33. The Hall–Kier alpha value is -2.12. The van der Waals surface area contributed by atoms with Crippen molar-refractivity contribution in [1.29, 1.82) is 0 Å². The Morgan fingerprint density at radius 1 is 1.34 bits per heavy atom. The molecule has 1 amide bonds. The molecule has 0 saturated carbocycles. The molecule has 1 aromatic carbocycles. The minimum Gasteiger partial charge on any atom is -0.383 e. The van der Waals surface area contributed by atoms with Crippen molar-refractivity contribution < 1.29 is 9.53 Å². The Morgan fingerprint density at radius 3 is 2.93 bits per heavy atom. The molecule has 0 unspecified atom stereocenters. The first-order chi connectivity index (χ1) is 14.1. The molecule has 0 spiro atoms. The van der Waals surface area contributed by atoms with Crippen LogP contribution in [-0.2, 0) is 16.1 Å². The Kier molecular flexibility index (Phi) is 7.89. The second-order valence-corrected chi connectivity index (χ2v) is 8.58. The average molecular weight is 416 g/mol. The lowest BCUT2D eigenvalue weighted by Gasteiger charge is -2.17. The van der Waals surface area contributed by atoms with Crippen LogP contribution in [0.15, 0.2) is 45.9 Å². The summed E-state index contributed by atoms with van der Waals surface area (Å²) in [5.41, 5.74) is 1.99. The fourth-order valence-corrected chi connectivity index (χ4v) is 4.41. The monoisotopic (exact) mass is 415 g/mol. The molecule has 1 aliphatic carbocycles. The Bertz CT molecular complexity index is 939. The van der Waals surface area contributed by atoms with E-state index in [0.717, 1.165) is 19.3 Å². The summed E-state index contributed by atoms with van der Waals surface area (Å²) >= 11 is 1.31. The van der Waals surface area contributed by atoms with Gasteiger partial charge < -0.3 is 10.1 Å². The van der Waals surface area contributed by atoms with Crippen LogP contribution in [-0.4, -0.2) is 41.0 Å². The third-order valence-corrected chi connectivity index (χ3v) is 6.22. The van der Waals surface area contributed by atoms with Gasteiger partial charge in [-0.25, -0.2) is 4.98 Å². The maximum absolute atomic E-state index is 12.9. The number of fused-ring (bicyclic) bond motifs is 1. The summed E-state index contributed by atoms with van der Waals surface area (Å²) in [6.07, 6.45) is 8.04. The van der Waals surface area contributed by atoms with Crippen LogP contribution in [0, 0.1) is 0 Å². The van der Waals surface area contributed by atoms with Crippen LogP contribution in [0.1, 0.15) is 39.0 Å². The molecule has 2 aromatic rings. The van der Waals surface area contributed by atoms with Crippen molar-refractivity contribution in [3.05, 3.63) is 46.3 Å². The number of para-hydroxylation sites is 1. The van der Waals surface area contributed by atoms with E-state index in [2.05, 4.69) is 16.4 Å². The van der Waals surface area contributed by atoms with Crippen molar-refractivity contribution in [3.8, 4) is 0 Å². The van der Waals surface area contributed by atoms with Gasteiger partial charge >= 0.3 is 0 Å². The second-order valence-electron chi connectivity index (χ2n) is 7.27. The molecule has 156 valence electrons. The Balaban J connectivity index is 1.69. The van der Waals surface area contributed by atoms with Crippen molar-refractivity contribution in [2.75, 3.05) is 20.3 Å². The van der Waals surface area contributed by atoms with Gasteiger partial charge in [0, 0.05) is 13.7 Å². The molecule has 0 aliphatic heterocycles. The molecule has 0 bridgehead atoms. The van der Waals surface area contributed by atoms with Crippen LogP contribution >= 0.6 is 11.8 Å². The zero-order valence-electron chi connectivity index (χ0n) is 17.1. The van der Waals surface area contributed by atoms with E-state index in [1.54, 1.807) is 17.7 Å². The van der Waals surface area contributed by atoms with Crippen molar-refractivity contribution in [2.45, 2.75) is 56.0 Å². The van der Waals surface area contributed by atoms with E-state index in [9.17, 15) is 9.59 Å². The highest BCUT2D eigenvalue weighted by Crippen LogP contribution is 2.23. The molecular weight excluding hydrogens is 386 g/mol. The summed E-state index contributed by atoms with van der Waals surface area (Å²) in [5, 5.41) is 3.79. The van der Waals surface area contributed by atoms with Gasteiger partial charge in [-0.3, -0.25) is 14.2 Å². The number of nitrogens with zero attached hydrogens (tertiary/aromatic N) is 2. The first kappa shape index (κ1) is 21.6. The normalized spacial score (nSPS) is 15.2. The smallest absolute Gasteiger partial charge is 0.262 e. The van der Waals surface area contributed by atoms with Crippen molar-refractivity contribution in [2.24, 2.45) is 0 Å². The van der Waals surface area contributed by atoms with Crippen molar-refractivity contribution in [1.82, 2.24) is 14.9 Å². The maximum atomic E-state index is 12.9. The van der Waals surface area contributed by atoms with Crippen LogP contribution < -0.4 is 10.9 Å². The molecular formula is C22H29N3O3S. The number of ether oxygens (including phenoxy) is 1. The lowest BCUT2D eigenvalue weighted by atomic mass is 9.97. The molecule has 1 aliphatic rings. The van der Waals surface area contributed by atoms with E-state index in [1.807, 2.05) is 25.1 Å². The number of methoxy groups -OCH3 is 1. The van der Waals surface area contributed by atoms with Crippen molar-refractivity contribution in [3.63, 3.8) is 0 Å². The fraction of sp³-hybridized carbons (Fsp3) is 0.500. The number of benzene rings is 1. The SMILES string of the molecule is COCCn1c(S[C@H](C)C(=O)NCCC2=CCCCC2)nc2ccccc2c1=O. The standard InChI is InChI=1S/C22H29N3O3S/c1-16(20(26)23-13-12-17-8-4-3-5-9-17)29-22-24-19-11-7-6-10-18(19)21(27)25(22)14-15-28-2/h6-8,10-11,16H,3-5,9,12-15H2,1-2H3,(H,23,26)/t16-/m1/s1. The Morgan fingerprint density at radius 2 is 2.17 bits per heavy atom. The van der Waals surface area contributed by atoms with Crippen molar-refractivity contribution >= 4 is 28.6 Å². The topological polar surface area (TPSA) is 73.2 Å². The molecule has 29 heavy (non-hydrogen) atoms. The molecule has 0 radical (unpaired) electrons. The average Bonchev–Trinajstić information content (AvgIpc) is 2.74. The van der Waals surface area contributed by atoms with E-state index in [1.165, 1.54) is 30.2 Å². The molecule has 1 aromatic heterocycles. The third-order valence-electron chi connectivity index (χ3n) is 5.13. The molecule has 7 heteroatoms. The van der Waals surface area contributed by atoms with E-state index in [4.69, 9.17) is 4.74 Å². The van der Waals surface area contributed by atoms with Crippen LogP contribution in [0.5, 0.6) is 0 Å². The molecule has 0 saturated heterocycles. The number of hydrogen-bond donors (Lipinski definition) is 1. The number of allylic oxidation sites excluding steroid dienone is 1. The first-order valence-electron chi connectivity index (χ1n) is 10.2. The number of carbonyl (C=O) groups is 1. The number of hydrogen-bond acceptors (Lipinski definition) is 5. The van der Waals surface area contributed by atoms with Gasteiger partial charge in [0.05, 0.1) is 29.3 Å². The number of rotatable bonds is 9. The minimum atomic E-state index is -0.350. The molecule has 1 N–H and O–H groups in total. The van der Waals surface area contributed by atoms with Gasteiger partial charge in [-0.2, -0.15) is 0 Å². The zero-order chi connectivity index (χ0) is 20.6. The van der Waals surface area contributed by atoms with Crippen LogP contribution in [0.25, 0.3) is 10.9 Å². The summed E-state index contributed by atoms with van der Waals surface area (Å²) in [7, 11) is 1.60. The van der Waals surface area contributed by atoms with E-state index in [0.29, 0.717) is 35.8 Å². The fourth-order valence-electron chi connectivity index (χ4n) is 3.45. The highest BCUT2D eigenvalue weighted by molar-refractivity contribution is 8.00. The van der Waals surface area contributed by atoms with Crippen LogP contribution in [0.3, 0.4) is 0 Å². The van der Waals surface area contributed by atoms with Gasteiger partial charge in [0.2, 0.25) is 5.91 Å². The van der Waals surface area contributed by atoms with Gasteiger partial charge in [0.1, 0.15) is 0 Å². The van der Waals surface area contributed by atoms with Gasteiger partial charge in [-0.1, -0.05) is 35.5 Å². The number of carbonyl (C=O) groups excluding carboxylic acids is 1. The van der Waals surface area contributed by atoms with Gasteiger partial charge in [-0.15, -0.1) is 0 Å². The summed E-state index contributed by atoms with van der Waals surface area (Å²) in [5.74, 6) is -0.0351. The molecule has 1 atom stereocenters.